The fraction of sp³-hybridized carbons (Fsp3) is 0.951. The van der Waals surface area contributed by atoms with Crippen LogP contribution in [-0.2, 0) is 65.4 Å². The SMILES string of the molecule is CCCCCCCCCCCCCCCCCCCCCCC(=O)O[C@H](COC(=O)CCCCCCCCCCCCCCCCCCCCC)COP(=O)(O)OC[C@@H](O)COP(=O)(O)OC[C@@H](COC(=O)CCCCCCCCCC)OC(=O)CCCCCCCCCCCCCCC. The molecule has 0 aliphatic rings. The molecule has 0 rings (SSSR count). The third-order valence-corrected chi connectivity index (χ3v) is 21.0. The van der Waals surface area contributed by atoms with Gasteiger partial charge in [-0.3, -0.25) is 37.3 Å². The molecule has 0 amide bonds. The van der Waals surface area contributed by atoms with Crippen molar-refractivity contribution >= 4 is 39.5 Å². The van der Waals surface area contributed by atoms with E-state index in [1.807, 2.05) is 0 Å². The van der Waals surface area contributed by atoms with Crippen LogP contribution in [0.2, 0.25) is 0 Å². The second kappa shape index (κ2) is 75.3. The van der Waals surface area contributed by atoms with E-state index in [1.54, 1.807) is 0 Å². The quantitative estimate of drug-likeness (QED) is 0.0222. The van der Waals surface area contributed by atoms with Crippen LogP contribution in [0, 0.1) is 0 Å². The summed E-state index contributed by atoms with van der Waals surface area (Å²) in [6.45, 7) is 5.00. The van der Waals surface area contributed by atoms with Crippen LogP contribution in [0.5, 0.6) is 0 Å². The predicted octanol–water partition coefficient (Wildman–Crippen LogP) is 24.6. The van der Waals surface area contributed by atoms with Crippen molar-refractivity contribution in [3.63, 3.8) is 0 Å². The smallest absolute Gasteiger partial charge is 0.462 e. The third-order valence-electron chi connectivity index (χ3n) is 19.1. The van der Waals surface area contributed by atoms with Crippen molar-refractivity contribution in [1.29, 1.82) is 0 Å². The molecule has 0 aliphatic heterocycles. The molecule has 0 fully saturated rings. The maximum Gasteiger partial charge on any atom is 0.472 e. The molecule has 0 bridgehead atoms. The zero-order valence-electron chi connectivity index (χ0n) is 65.2. The van der Waals surface area contributed by atoms with Gasteiger partial charge in [-0.1, -0.05) is 387 Å². The Balaban J connectivity index is 5.18. The van der Waals surface area contributed by atoms with Crippen LogP contribution in [0.3, 0.4) is 0 Å². The first-order valence-corrected chi connectivity index (χ1v) is 45.3. The number of phosphoric acid groups is 2. The highest BCUT2D eigenvalue weighted by Crippen LogP contribution is 2.45. The predicted molar refractivity (Wildman–Crippen MR) is 409 cm³/mol. The highest BCUT2D eigenvalue weighted by atomic mass is 31.2. The van der Waals surface area contributed by atoms with Crippen molar-refractivity contribution in [3.05, 3.63) is 0 Å². The van der Waals surface area contributed by atoms with E-state index in [-0.39, 0.29) is 25.7 Å². The van der Waals surface area contributed by atoms with Gasteiger partial charge in [-0.15, -0.1) is 0 Å². The number of ether oxygens (including phenoxy) is 4. The molecule has 17 nitrogen and oxygen atoms in total. The van der Waals surface area contributed by atoms with Gasteiger partial charge in [-0.05, 0) is 25.7 Å². The normalized spacial score (nSPS) is 13.8. The lowest BCUT2D eigenvalue weighted by molar-refractivity contribution is -0.161. The van der Waals surface area contributed by atoms with Crippen LogP contribution in [0.15, 0.2) is 0 Å². The van der Waals surface area contributed by atoms with Gasteiger partial charge in [0.2, 0.25) is 0 Å². The van der Waals surface area contributed by atoms with E-state index in [1.165, 1.54) is 270 Å². The summed E-state index contributed by atoms with van der Waals surface area (Å²) in [6, 6.07) is 0. The minimum Gasteiger partial charge on any atom is -0.462 e. The molecule has 0 aromatic heterocycles. The Hall–Kier alpha value is -1.94. The Bertz CT molecular complexity index is 1890. The molecule has 0 aliphatic carbocycles. The molecule has 594 valence electrons. The molecule has 0 saturated heterocycles. The van der Waals surface area contributed by atoms with Crippen molar-refractivity contribution in [2.45, 2.75) is 457 Å². The molecule has 0 saturated carbocycles. The van der Waals surface area contributed by atoms with E-state index in [9.17, 15) is 43.2 Å². The lowest BCUT2D eigenvalue weighted by Crippen LogP contribution is -2.30. The van der Waals surface area contributed by atoms with Gasteiger partial charge in [0.25, 0.3) is 0 Å². The average Bonchev–Trinajstić information content (AvgIpc) is 0.925. The average molecular weight is 1470 g/mol. The Labute approximate surface area is 613 Å². The largest absolute Gasteiger partial charge is 0.472 e. The summed E-state index contributed by atoms with van der Waals surface area (Å²) in [7, 11) is -9.91. The number of unbranched alkanes of at least 4 members (excludes halogenated alkanes) is 56. The van der Waals surface area contributed by atoms with E-state index in [2.05, 4.69) is 27.7 Å². The number of phosphoric ester groups is 2. The molecule has 5 atom stereocenters. The van der Waals surface area contributed by atoms with Crippen molar-refractivity contribution in [2.75, 3.05) is 39.6 Å². The summed E-state index contributed by atoms with van der Waals surface area (Å²) in [5.41, 5.74) is 0. The zero-order valence-corrected chi connectivity index (χ0v) is 67.0. The highest BCUT2D eigenvalue weighted by molar-refractivity contribution is 7.47. The van der Waals surface area contributed by atoms with Crippen LogP contribution in [-0.4, -0.2) is 96.7 Å². The molecule has 0 aromatic rings. The fourth-order valence-corrected chi connectivity index (χ4v) is 14.2. The molecular weight excluding hydrogens is 1310 g/mol. The van der Waals surface area contributed by atoms with Gasteiger partial charge in [-0.2, -0.15) is 0 Å². The van der Waals surface area contributed by atoms with Crippen molar-refractivity contribution < 1.29 is 80.2 Å². The Kier molecular flexibility index (Phi) is 73.8. The lowest BCUT2D eigenvalue weighted by atomic mass is 10.0. The minimum atomic E-state index is -4.96. The highest BCUT2D eigenvalue weighted by Gasteiger charge is 2.30. The van der Waals surface area contributed by atoms with Gasteiger partial charge in [0.1, 0.15) is 19.3 Å². The number of rotatable bonds is 82. The number of carbonyl (C=O) groups excluding carboxylic acids is 4. The second-order valence-corrected chi connectivity index (χ2v) is 32.1. The molecule has 0 aromatic carbocycles. The molecule has 0 radical (unpaired) electrons. The van der Waals surface area contributed by atoms with E-state index in [0.717, 1.165) is 89.9 Å². The topological polar surface area (TPSA) is 237 Å². The summed E-state index contributed by atoms with van der Waals surface area (Å²) < 4.78 is 68.6. The van der Waals surface area contributed by atoms with Crippen LogP contribution in [0.25, 0.3) is 0 Å². The molecule has 0 heterocycles. The number of aliphatic hydroxyl groups is 1. The number of aliphatic hydroxyl groups excluding tert-OH is 1. The minimum absolute atomic E-state index is 0.108. The number of esters is 4. The van der Waals surface area contributed by atoms with Crippen molar-refractivity contribution in [2.24, 2.45) is 0 Å². The molecular formula is C81H158O17P2. The first-order chi connectivity index (χ1) is 48.7. The van der Waals surface area contributed by atoms with Crippen LogP contribution in [0.1, 0.15) is 439 Å². The van der Waals surface area contributed by atoms with E-state index in [0.29, 0.717) is 25.7 Å². The first kappa shape index (κ1) is 98.1. The van der Waals surface area contributed by atoms with Crippen LogP contribution >= 0.6 is 15.6 Å². The molecule has 0 spiro atoms. The number of carbonyl (C=O) groups is 4. The number of hydrogen-bond acceptors (Lipinski definition) is 15. The van der Waals surface area contributed by atoms with E-state index in [4.69, 9.17) is 37.0 Å². The van der Waals surface area contributed by atoms with E-state index < -0.39 is 97.5 Å². The maximum atomic E-state index is 13.1. The fourth-order valence-electron chi connectivity index (χ4n) is 12.6. The van der Waals surface area contributed by atoms with Crippen molar-refractivity contribution in [1.82, 2.24) is 0 Å². The monoisotopic (exact) mass is 1470 g/mol. The lowest BCUT2D eigenvalue weighted by Gasteiger charge is -2.21. The maximum absolute atomic E-state index is 13.1. The van der Waals surface area contributed by atoms with E-state index >= 15 is 0 Å². The summed E-state index contributed by atoms with van der Waals surface area (Å²) in [5.74, 6) is -2.11. The summed E-state index contributed by atoms with van der Waals surface area (Å²) >= 11 is 0. The van der Waals surface area contributed by atoms with Gasteiger partial charge in [-0.25, -0.2) is 9.13 Å². The first-order valence-electron chi connectivity index (χ1n) is 42.3. The summed E-state index contributed by atoms with van der Waals surface area (Å²) in [5, 5.41) is 10.6. The molecule has 2 unspecified atom stereocenters. The van der Waals surface area contributed by atoms with Gasteiger partial charge in [0.05, 0.1) is 26.4 Å². The molecule has 100 heavy (non-hydrogen) atoms. The van der Waals surface area contributed by atoms with Gasteiger partial charge < -0.3 is 33.8 Å². The Morgan fingerprint density at radius 3 is 0.590 bits per heavy atom. The van der Waals surface area contributed by atoms with Gasteiger partial charge in [0, 0.05) is 25.7 Å². The standard InChI is InChI=1S/C81H158O17P2/c1-5-9-13-17-21-25-28-31-33-35-37-39-41-43-46-49-52-56-60-64-68-81(86)98-77(72-92-79(84)66-62-58-54-50-47-45-42-40-38-36-34-32-29-26-22-18-14-10-6-2)74-96-100(89,90)94-70-75(82)69-93-99(87,88)95-73-76(71-91-78(83)65-61-57-53-24-20-16-12-8-4)97-80(85)67-63-59-55-51-48-44-30-27-23-19-15-11-7-3/h75-77,82H,5-74H2,1-4H3,(H,87,88)(H,89,90)/t75-,76+,77+/m0/s1. The molecule has 19 heteroatoms. The zero-order chi connectivity index (χ0) is 73.2. The summed E-state index contributed by atoms with van der Waals surface area (Å²) in [6.07, 6.45) is 68.1. The second-order valence-electron chi connectivity index (χ2n) is 29.2. The Morgan fingerprint density at radius 1 is 0.240 bits per heavy atom. The Morgan fingerprint density at radius 2 is 0.400 bits per heavy atom. The van der Waals surface area contributed by atoms with Gasteiger partial charge in [0.15, 0.2) is 12.2 Å². The van der Waals surface area contributed by atoms with Crippen LogP contribution in [0.4, 0.5) is 0 Å². The van der Waals surface area contributed by atoms with Crippen LogP contribution < -0.4 is 0 Å². The summed E-state index contributed by atoms with van der Waals surface area (Å²) in [4.78, 5) is 72.9. The number of hydrogen-bond donors (Lipinski definition) is 3. The van der Waals surface area contributed by atoms with Crippen molar-refractivity contribution in [3.8, 4) is 0 Å². The van der Waals surface area contributed by atoms with Gasteiger partial charge >= 0.3 is 39.5 Å². The third kappa shape index (κ3) is 74.3. The molecule has 3 N–H and O–H groups in total.